The molecule has 0 bridgehead atoms. The molecule has 1 fully saturated rings. The van der Waals surface area contributed by atoms with Gasteiger partial charge in [0.25, 0.3) is 0 Å². The maximum atomic E-state index is 11.8. The molecule has 114 valence electrons. The maximum absolute atomic E-state index is 11.8. The monoisotopic (exact) mass is 313 g/mol. The summed E-state index contributed by atoms with van der Waals surface area (Å²) in [6.45, 7) is 0. The van der Waals surface area contributed by atoms with E-state index in [9.17, 15) is 31.6 Å². The molecule has 0 aromatic heterocycles. The Morgan fingerprint density at radius 2 is 1.60 bits per heavy atom. The van der Waals surface area contributed by atoms with Crippen LogP contribution in [0.1, 0.15) is 12.8 Å². The van der Waals surface area contributed by atoms with Crippen molar-refractivity contribution in [2.45, 2.75) is 19.3 Å². The van der Waals surface area contributed by atoms with Crippen LogP contribution in [0.5, 0.6) is 0 Å². The highest BCUT2D eigenvalue weighted by Gasteiger charge is 2.29. The van der Waals surface area contributed by atoms with Crippen molar-refractivity contribution in [2.24, 2.45) is 5.92 Å². The van der Waals surface area contributed by atoms with E-state index in [1.54, 1.807) is 5.43 Å². The third-order valence-corrected chi connectivity index (χ3v) is 4.38. The number of halogens is 2. The van der Waals surface area contributed by atoms with Crippen molar-refractivity contribution in [3.05, 3.63) is 0 Å². The smallest absolute Gasteiger partial charge is 0.276 e. The van der Waals surface area contributed by atoms with Crippen LogP contribution in [-0.4, -0.2) is 44.2 Å². The minimum absolute atomic E-state index is 0.0881. The molecule has 3 N–H and O–H groups in total. The second kappa shape index (κ2) is 6.59. The fourth-order valence-electron chi connectivity index (χ4n) is 1.57. The summed E-state index contributed by atoms with van der Waals surface area (Å²) in [4.78, 5) is 33.2. The van der Waals surface area contributed by atoms with Crippen molar-refractivity contribution in [3.63, 3.8) is 0 Å². The van der Waals surface area contributed by atoms with Crippen LogP contribution in [0.3, 0.4) is 0 Å². The predicted octanol–water partition coefficient (Wildman–Crippen LogP) is -1.07. The maximum Gasteiger partial charge on any atom is 0.340 e. The number of rotatable bonds is 2. The van der Waals surface area contributed by atoms with Crippen LogP contribution in [0.15, 0.2) is 0 Å². The molecule has 0 saturated carbocycles. The molecule has 11 heteroatoms. The van der Waals surface area contributed by atoms with Gasteiger partial charge in [-0.25, -0.2) is 18.6 Å². The van der Waals surface area contributed by atoms with Gasteiger partial charge in [-0.3, -0.25) is 20.3 Å². The van der Waals surface area contributed by atoms with Gasteiger partial charge in [0, 0.05) is 5.92 Å². The minimum atomic E-state index is -3.30. The van der Waals surface area contributed by atoms with E-state index >= 15 is 0 Å². The molecule has 0 atom stereocenters. The Kier molecular flexibility index (Phi) is 5.36. The number of imide groups is 1. The number of alkyl halides is 2. The lowest BCUT2D eigenvalue weighted by Crippen LogP contribution is -2.51. The SMILES string of the molecule is O=C(NNC(=O)C(F)F)NC(=O)C1CCS(=O)(=O)CC1. The molecule has 1 saturated heterocycles. The van der Waals surface area contributed by atoms with E-state index < -0.39 is 40.0 Å². The van der Waals surface area contributed by atoms with E-state index in [4.69, 9.17) is 0 Å². The minimum Gasteiger partial charge on any atom is -0.276 e. The Balaban J connectivity index is 2.35. The molecule has 1 aliphatic heterocycles. The molecule has 20 heavy (non-hydrogen) atoms. The van der Waals surface area contributed by atoms with Crippen LogP contribution in [0.2, 0.25) is 0 Å². The first kappa shape index (κ1) is 16.3. The molecule has 0 unspecified atom stereocenters. The van der Waals surface area contributed by atoms with Crippen LogP contribution >= 0.6 is 0 Å². The normalized spacial score (nSPS) is 18.4. The summed E-state index contributed by atoms with van der Waals surface area (Å²) < 4.78 is 45.9. The first-order valence-corrected chi connectivity index (χ1v) is 7.42. The van der Waals surface area contributed by atoms with Gasteiger partial charge in [-0.05, 0) is 12.8 Å². The summed E-state index contributed by atoms with van der Waals surface area (Å²) in [6.07, 6.45) is -3.12. The molecule has 1 aliphatic rings. The highest BCUT2D eigenvalue weighted by molar-refractivity contribution is 7.91. The van der Waals surface area contributed by atoms with Crippen LogP contribution in [0.4, 0.5) is 13.6 Å². The van der Waals surface area contributed by atoms with Gasteiger partial charge in [0.15, 0.2) is 0 Å². The van der Waals surface area contributed by atoms with E-state index in [0.29, 0.717) is 0 Å². The van der Waals surface area contributed by atoms with Crippen LogP contribution in [0.25, 0.3) is 0 Å². The van der Waals surface area contributed by atoms with Crippen LogP contribution < -0.4 is 16.2 Å². The summed E-state index contributed by atoms with van der Waals surface area (Å²) in [5, 5.41) is 1.83. The zero-order valence-electron chi connectivity index (χ0n) is 10.2. The average molecular weight is 313 g/mol. The highest BCUT2D eigenvalue weighted by Crippen LogP contribution is 2.18. The fourth-order valence-corrected chi connectivity index (χ4v) is 3.06. The first-order valence-electron chi connectivity index (χ1n) is 5.60. The van der Waals surface area contributed by atoms with Gasteiger partial charge >= 0.3 is 18.4 Å². The van der Waals surface area contributed by atoms with Gasteiger partial charge in [0.05, 0.1) is 11.5 Å². The summed E-state index contributed by atoms with van der Waals surface area (Å²) >= 11 is 0. The van der Waals surface area contributed by atoms with Gasteiger partial charge in [0.2, 0.25) is 5.91 Å². The van der Waals surface area contributed by atoms with Gasteiger partial charge in [-0.2, -0.15) is 8.78 Å². The second-order valence-electron chi connectivity index (χ2n) is 4.16. The van der Waals surface area contributed by atoms with E-state index in [1.807, 2.05) is 5.32 Å². The van der Waals surface area contributed by atoms with E-state index in [1.165, 1.54) is 5.43 Å². The lowest BCUT2D eigenvalue weighted by molar-refractivity contribution is -0.132. The second-order valence-corrected chi connectivity index (χ2v) is 6.46. The molecular formula is C9H13F2N3O5S. The lowest BCUT2D eigenvalue weighted by atomic mass is 10.0. The van der Waals surface area contributed by atoms with E-state index in [0.717, 1.165) is 0 Å². The number of hydrogen-bond acceptors (Lipinski definition) is 5. The van der Waals surface area contributed by atoms with E-state index in [2.05, 4.69) is 0 Å². The third kappa shape index (κ3) is 5.07. The Morgan fingerprint density at radius 1 is 1.05 bits per heavy atom. The molecule has 1 heterocycles. The Labute approximate surface area is 113 Å². The van der Waals surface area contributed by atoms with Crippen LogP contribution in [-0.2, 0) is 19.4 Å². The summed E-state index contributed by atoms with van der Waals surface area (Å²) in [6, 6.07) is -1.17. The molecule has 0 spiro atoms. The molecule has 0 aromatic carbocycles. The standard InChI is InChI=1S/C9H13F2N3O5S/c10-6(11)8(16)13-14-9(17)12-7(15)5-1-3-20(18,19)4-2-5/h5-6H,1-4H2,(H,13,16)(H2,12,14,15,17). The first-order chi connectivity index (χ1) is 9.21. The van der Waals surface area contributed by atoms with Crippen molar-refractivity contribution < 1.29 is 31.6 Å². The molecule has 0 aliphatic carbocycles. The number of urea groups is 1. The molecular weight excluding hydrogens is 300 g/mol. The Bertz CT molecular complexity index is 494. The highest BCUT2D eigenvalue weighted by atomic mass is 32.2. The van der Waals surface area contributed by atoms with Gasteiger partial charge in [-0.15, -0.1) is 0 Å². The van der Waals surface area contributed by atoms with Gasteiger partial charge in [-0.1, -0.05) is 0 Å². The third-order valence-electron chi connectivity index (χ3n) is 2.66. The predicted molar refractivity (Wildman–Crippen MR) is 62.2 cm³/mol. The number of hydrazine groups is 1. The topological polar surface area (TPSA) is 121 Å². The van der Waals surface area contributed by atoms with Crippen molar-refractivity contribution >= 4 is 27.7 Å². The van der Waals surface area contributed by atoms with Gasteiger partial charge in [0.1, 0.15) is 9.84 Å². The van der Waals surface area contributed by atoms with Gasteiger partial charge < -0.3 is 0 Å². The summed E-state index contributed by atoms with van der Waals surface area (Å²) in [5.41, 5.74) is 2.99. The van der Waals surface area contributed by atoms with Crippen molar-refractivity contribution in [3.8, 4) is 0 Å². The zero-order chi connectivity index (χ0) is 15.3. The Hall–Kier alpha value is -1.78. The number of nitrogens with one attached hydrogen (secondary N) is 3. The number of carbonyl (C=O) groups is 3. The number of hydrogen-bond donors (Lipinski definition) is 3. The number of carbonyl (C=O) groups excluding carboxylic acids is 3. The Morgan fingerprint density at radius 3 is 2.10 bits per heavy atom. The average Bonchev–Trinajstić information content (AvgIpc) is 2.35. The molecule has 8 nitrogen and oxygen atoms in total. The van der Waals surface area contributed by atoms with E-state index in [-0.39, 0.29) is 24.3 Å². The van der Waals surface area contributed by atoms with Crippen molar-refractivity contribution in [2.75, 3.05) is 11.5 Å². The largest absolute Gasteiger partial charge is 0.340 e. The molecule has 0 radical (unpaired) electrons. The fraction of sp³-hybridized carbons (Fsp3) is 0.667. The molecule has 4 amide bonds. The number of sulfone groups is 1. The quantitative estimate of drug-likeness (QED) is 0.561. The number of amides is 4. The lowest BCUT2D eigenvalue weighted by Gasteiger charge is -2.20. The molecule has 0 aromatic rings. The molecule has 1 rings (SSSR count). The summed E-state index contributed by atoms with van der Waals surface area (Å²) in [5.74, 6) is -3.36. The zero-order valence-corrected chi connectivity index (χ0v) is 11.0. The van der Waals surface area contributed by atoms with Crippen molar-refractivity contribution in [1.82, 2.24) is 16.2 Å². The van der Waals surface area contributed by atoms with Crippen LogP contribution in [0, 0.1) is 5.92 Å². The summed E-state index contributed by atoms with van der Waals surface area (Å²) in [7, 11) is -3.13. The van der Waals surface area contributed by atoms with Crippen molar-refractivity contribution in [1.29, 1.82) is 0 Å².